The van der Waals surface area contributed by atoms with E-state index in [0.717, 1.165) is 44.3 Å². The van der Waals surface area contributed by atoms with Crippen molar-refractivity contribution in [3.05, 3.63) is 182 Å². The number of aromatic nitrogens is 2. The molecule has 0 spiro atoms. The van der Waals surface area contributed by atoms with E-state index in [0.29, 0.717) is 0 Å². The Balaban J connectivity index is 1.23. The van der Waals surface area contributed by atoms with E-state index in [9.17, 15) is 0 Å². The summed E-state index contributed by atoms with van der Waals surface area (Å²) < 4.78 is 11.4. The van der Waals surface area contributed by atoms with Gasteiger partial charge in [0, 0.05) is 49.8 Å². The third-order valence-corrected chi connectivity index (χ3v) is 10.5. The van der Waals surface area contributed by atoms with E-state index in [1.807, 2.05) is 0 Å². The van der Waals surface area contributed by atoms with Gasteiger partial charge in [-0.25, -0.2) is 0 Å². The molecular formula is C48H30N2O. The van der Waals surface area contributed by atoms with Crippen molar-refractivity contribution in [2.45, 2.75) is 0 Å². The molecule has 0 fully saturated rings. The fourth-order valence-electron chi connectivity index (χ4n) is 8.15. The van der Waals surface area contributed by atoms with Gasteiger partial charge in [0.2, 0.25) is 0 Å². The number of fused-ring (bicyclic) bond motifs is 9. The van der Waals surface area contributed by atoms with Crippen LogP contribution in [0.2, 0.25) is 0 Å². The molecule has 0 bridgehead atoms. The maximum Gasteiger partial charge on any atom is 0.137 e. The first-order valence-corrected chi connectivity index (χ1v) is 17.4. The number of hydrogen-bond acceptors (Lipinski definition) is 1. The third-order valence-electron chi connectivity index (χ3n) is 10.5. The molecule has 3 aromatic heterocycles. The van der Waals surface area contributed by atoms with Crippen LogP contribution in [-0.2, 0) is 0 Å². The van der Waals surface area contributed by atoms with Crippen molar-refractivity contribution >= 4 is 65.6 Å². The standard InChI is InChI=1S/C48H30N2O/c1-4-13-31(14-5-1)33-17-12-20-36(25-33)50-43-22-11-10-21-37(43)38-27-39-40-28-42-41-26-34(32-15-6-2-7-16-32)23-24-47(41)51-48(42)30-46(40)49(45(39)29-44(38)50)35-18-8-3-9-19-35/h1-30H. The zero-order valence-corrected chi connectivity index (χ0v) is 27.6. The number of benzene rings is 8. The van der Waals surface area contributed by atoms with Crippen molar-refractivity contribution in [3.63, 3.8) is 0 Å². The summed E-state index contributed by atoms with van der Waals surface area (Å²) >= 11 is 0. The van der Waals surface area contributed by atoms with Crippen LogP contribution in [0.4, 0.5) is 0 Å². The van der Waals surface area contributed by atoms with Gasteiger partial charge < -0.3 is 13.6 Å². The van der Waals surface area contributed by atoms with Gasteiger partial charge >= 0.3 is 0 Å². The van der Waals surface area contributed by atoms with Crippen molar-refractivity contribution in [2.75, 3.05) is 0 Å². The van der Waals surface area contributed by atoms with Crippen LogP contribution in [0, 0.1) is 0 Å². The van der Waals surface area contributed by atoms with E-state index in [2.05, 4.69) is 191 Å². The summed E-state index contributed by atoms with van der Waals surface area (Å²) in [5.41, 5.74) is 13.5. The Morgan fingerprint density at radius 1 is 0.275 bits per heavy atom. The fraction of sp³-hybridized carbons (Fsp3) is 0. The molecule has 3 heterocycles. The van der Waals surface area contributed by atoms with E-state index in [4.69, 9.17) is 4.42 Å². The maximum atomic E-state index is 6.57. The minimum absolute atomic E-state index is 0.889. The second-order valence-electron chi connectivity index (χ2n) is 13.4. The van der Waals surface area contributed by atoms with Crippen LogP contribution in [0.1, 0.15) is 0 Å². The molecule has 0 aliphatic carbocycles. The third kappa shape index (κ3) is 4.25. The van der Waals surface area contributed by atoms with Crippen LogP contribution in [0.15, 0.2) is 186 Å². The van der Waals surface area contributed by atoms with Gasteiger partial charge in [0.1, 0.15) is 11.2 Å². The van der Waals surface area contributed by atoms with Gasteiger partial charge in [0.15, 0.2) is 0 Å². The lowest BCUT2D eigenvalue weighted by Gasteiger charge is -2.11. The first-order chi connectivity index (χ1) is 25.3. The molecule has 0 amide bonds. The predicted molar refractivity (Wildman–Crippen MR) is 213 cm³/mol. The number of para-hydroxylation sites is 2. The molecule has 11 aromatic rings. The van der Waals surface area contributed by atoms with Gasteiger partial charge in [-0.1, -0.05) is 115 Å². The van der Waals surface area contributed by atoms with Crippen LogP contribution >= 0.6 is 0 Å². The molecular weight excluding hydrogens is 621 g/mol. The molecule has 8 aromatic carbocycles. The second-order valence-corrected chi connectivity index (χ2v) is 13.4. The Morgan fingerprint density at radius 3 is 1.55 bits per heavy atom. The van der Waals surface area contributed by atoms with Crippen LogP contribution in [0.25, 0.3) is 99.2 Å². The van der Waals surface area contributed by atoms with Gasteiger partial charge in [0.25, 0.3) is 0 Å². The Kier molecular flexibility index (Phi) is 5.96. The van der Waals surface area contributed by atoms with Crippen molar-refractivity contribution in [1.82, 2.24) is 9.13 Å². The number of rotatable bonds is 4. The average Bonchev–Trinajstić information content (AvgIpc) is 3.83. The molecule has 0 radical (unpaired) electrons. The Hall–Kier alpha value is -6.84. The summed E-state index contributed by atoms with van der Waals surface area (Å²) in [7, 11) is 0. The summed E-state index contributed by atoms with van der Waals surface area (Å²) in [6, 6.07) is 65.5. The summed E-state index contributed by atoms with van der Waals surface area (Å²) in [4.78, 5) is 0. The molecule has 3 heteroatoms. The lowest BCUT2D eigenvalue weighted by atomic mass is 10.0. The van der Waals surface area contributed by atoms with Crippen LogP contribution < -0.4 is 0 Å². The number of nitrogens with zero attached hydrogens (tertiary/aromatic N) is 2. The molecule has 0 saturated heterocycles. The molecule has 0 unspecified atom stereocenters. The Labute approximate surface area is 293 Å². The van der Waals surface area contributed by atoms with Gasteiger partial charge in [-0.05, 0) is 82.9 Å². The first kappa shape index (κ1) is 28.0. The van der Waals surface area contributed by atoms with Crippen LogP contribution in [0.3, 0.4) is 0 Å². The summed E-state index contributed by atoms with van der Waals surface area (Å²) in [6.45, 7) is 0. The molecule has 0 aliphatic heterocycles. The maximum absolute atomic E-state index is 6.57. The zero-order valence-electron chi connectivity index (χ0n) is 27.6. The number of hydrogen-bond donors (Lipinski definition) is 0. The first-order valence-electron chi connectivity index (χ1n) is 17.4. The van der Waals surface area contributed by atoms with Crippen LogP contribution in [0.5, 0.6) is 0 Å². The lowest BCUT2D eigenvalue weighted by Crippen LogP contribution is -1.96. The van der Waals surface area contributed by atoms with E-state index < -0.39 is 0 Å². The average molecular weight is 651 g/mol. The normalized spacial score (nSPS) is 11.9. The van der Waals surface area contributed by atoms with E-state index in [1.165, 1.54) is 54.8 Å². The summed E-state index contributed by atoms with van der Waals surface area (Å²) in [5, 5.41) is 7.16. The van der Waals surface area contributed by atoms with E-state index in [-0.39, 0.29) is 0 Å². The largest absolute Gasteiger partial charge is 0.456 e. The van der Waals surface area contributed by atoms with Crippen molar-refractivity contribution < 1.29 is 4.42 Å². The highest BCUT2D eigenvalue weighted by Crippen LogP contribution is 2.43. The van der Waals surface area contributed by atoms with Crippen LogP contribution in [-0.4, -0.2) is 9.13 Å². The fourth-order valence-corrected chi connectivity index (χ4v) is 8.15. The molecule has 0 aliphatic rings. The Bertz CT molecular complexity index is 3110. The highest BCUT2D eigenvalue weighted by Gasteiger charge is 2.21. The quantitative estimate of drug-likeness (QED) is 0.186. The predicted octanol–water partition coefficient (Wildman–Crippen LogP) is 13.1. The monoisotopic (exact) mass is 650 g/mol. The molecule has 0 atom stereocenters. The molecule has 238 valence electrons. The molecule has 0 saturated carbocycles. The molecule has 3 nitrogen and oxygen atoms in total. The van der Waals surface area contributed by atoms with E-state index in [1.54, 1.807) is 0 Å². The van der Waals surface area contributed by atoms with E-state index >= 15 is 0 Å². The zero-order chi connectivity index (χ0) is 33.5. The highest BCUT2D eigenvalue weighted by atomic mass is 16.3. The minimum atomic E-state index is 0.889. The van der Waals surface area contributed by atoms with Gasteiger partial charge in [0.05, 0.1) is 22.1 Å². The summed E-state index contributed by atoms with van der Waals surface area (Å²) in [6.07, 6.45) is 0. The Morgan fingerprint density at radius 2 is 0.804 bits per heavy atom. The topological polar surface area (TPSA) is 23.0 Å². The van der Waals surface area contributed by atoms with Gasteiger partial charge in [-0.15, -0.1) is 0 Å². The van der Waals surface area contributed by atoms with Crippen molar-refractivity contribution in [2.24, 2.45) is 0 Å². The second kappa shape index (κ2) is 10.8. The van der Waals surface area contributed by atoms with Gasteiger partial charge in [-0.3, -0.25) is 0 Å². The number of furan rings is 1. The smallest absolute Gasteiger partial charge is 0.137 e. The molecule has 0 N–H and O–H groups in total. The SMILES string of the molecule is c1ccc(-c2cccc(-n3c4ccccc4c4cc5c6cc7c(cc6n(-c6ccccc6)c5cc43)oc3ccc(-c4ccccc4)cc37)c2)cc1. The lowest BCUT2D eigenvalue weighted by molar-refractivity contribution is 0.669. The molecule has 11 rings (SSSR count). The van der Waals surface area contributed by atoms with Crippen molar-refractivity contribution in [1.29, 1.82) is 0 Å². The van der Waals surface area contributed by atoms with Gasteiger partial charge in [-0.2, -0.15) is 0 Å². The highest BCUT2D eigenvalue weighted by molar-refractivity contribution is 6.22. The van der Waals surface area contributed by atoms with Crippen molar-refractivity contribution in [3.8, 4) is 33.6 Å². The summed E-state index contributed by atoms with van der Waals surface area (Å²) in [5.74, 6) is 0. The molecule has 51 heavy (non-hydrogen) atoms. The minimum Gasteiger partial charge on any atom is -0.456 e.